The van der Waals surface area contributed by atoms with E-state index in [0.29, 0.717) is 17.0 Å². The summed E-state index contributed by atoms with van der Waals surface area (Å²) in [5.74, 6) is -0.592. The van der Waals surface area contributed by atoms with Gasteiger partial charge in [-0.1, -0.05) is 0 Å². The minimum Gasteiger partial charge on any atom is -0.497 e. The van der Waals surface area contributed by atoms with E-state index in [1.165, 1.54) is 19.2 Å². The quantitative estimate of drug-likeness (QED) is 0.688. The van der Waals surface area contributed by atoms with Crippen LogP contribution < -0.4 is 10.5 Å². The van der Waals surface area contributed by atoms with E-state index < -0.39 is 11.8 Å². The Bertz CT molecular complexity index is 611. The minimum absolute atomic E-state index is 0.140. The third-order valence-electron chi connectivity index (χ3n) is 2.77. The molecule has 0 bridgehead atoms. The second-order valence-electron chi connectivity index (χ2n) is 4.16. The van der Waals surface area contributed by atoms with Crippen LogP contribution in [-0.2, 0) is 11.3 Å². The fraction of sp³-hybridized carbons (Fsp3) is 0.133. The summed E-state index contributed by atoms with van der Waals surface area (Å²) in [6, 6.07) is 10.7. The number of anilines is 1. The normalized spacial score (nSPS) is 10.1. The van der Waals surface area contributed by atoms with Crippen molar-refractivity contribution in [1.82, 2.24) is 0 Å². The van der Waals surface area contributed by atoms with Gasteiger partial charge in [0, 0.05) is 17.3 Å². The molecule has 2 rings (SSSR count). The summed E-state index contributed by atoms with van der Waals surface area (Å²) >= 11 is 0. The molecule has 0 aliphatic carbocycles. The van der Waals surface area contributed by atoms with Crippen molar-refractivity contribution < 1.29 is 18.7 Å². The lowest BCUT2D eigenvalue weighted by Crippen LogP contribution is -2.06. The first-order valence-corrected chi connectivity index (χ1v) is 5.95. The van der Waals surface area contributed by atoms with Gasteiger partial charge < -0.3 is 15.2 Å². The van der Waals surface area contributed by atoms with Gasteiger partial charge in [-0.2, -0.15) is 0 Å². The van der Waals surface area contributed by atoms with Crippen LogP contribution in [0.1, 0.15) is 15.9 Å². The van der Waals surface area contributed by atoms with Gasteiger partial charge in [0.15, 0.2) is 0 Å². The highest BCUT2D eigenvalue weighted by Gasteiger charge is 2.10. The molecule has 5 heteroatoms. The zero-order valence-corrected chi connectivity index (χ0v) is 10.9. The molecule has 0 aliphatic heterocycles. The number of nitrogens with two attached hydrogens (primary N) is 1. The van der Waals surface area contributed by atoms with E-state index in [-0.39, 0.29) is 12.2 Å². The molecule has 4 nitrogen and oxygen atoms in total. The van der Waals surface area contributed by atoms with Crippen LogP contribution in [-0.4, -0.2) is 13.1 Å². The van der Waals surface area contributed by atoms with Gasteiger partial charge in [-0.25, -0.2) is 9.18 Å². The zero-order chi connectivity index (χ0) is 14.5. The summed E-state index contributed by atoms with van der Waals surface area (Å²) in [6.07, 6.45) is 0. The Balaban J connectivity index is 2.01. The van der Waals surface area contributed by atoms with E-state index in [9.17, 15) is 9.18 Å². The smallest absolute Gasteiger partial charge is 0.338 e. The first kappa shape index (κ1) is 13.9. The maximum atomic E-state index is 13.7. The largest absolute Gasteiger partial charge is 0.497 e. The molecule has 0 heterocycles. The van der Waals surface area contributed by atoms with Gasteiger partial charge in [-0.3, -0.25) is 0 Å². The van der Waals surface area contributed by atoms with E-state index in [1.54, 1.807) is 30.3 Å². The predicted molar refractivity (Wildman–Crippen MR) is 72.9 cm³/mol. The molecule has 2 aromatic rings. The Kier molecular flexibility index (Phi) is 4.20. The summed E-state index contributed by atoms with van der Waals surface area (Å²) in [7, 11) is 1.45. The third-order valence-corrected chi connectivity index (χ3v) is 2.77. The molecular formula is C15H14FNO3. The molecule has 0 radical (unpaired) electrons. The fourth-order valence-electron chi connectivity index (χ4n) is 1.62. The van der Waals surface area contributed by atoms with Crippen LogP contribution in [0.25, 0.3) is 0 Å². The average Bonchev–Trinajstić information content (AvgIpc) is 2.46. The molecule has 2 aromatic carbocycles. The molecule has 20 heavy (non-hydrogen) atoms. The van der Waals surface area contributed by atoms with Crippen molar-refractivity contribution >= 4 is 11.7 Å². The van der Waals surface area contributed by atoms with Crippen LogP contribution in [0.15, 0.2) is 42.5 Å². The van der Waals surface area contributed by atoms with Crippen molar-refractivity contribution in [2.75, 3.05) is 12.8 Å². The van der Waals surface area contributed by atoms with E-state index in [0.717, 1.165) is 0 Å². The van der Waals surface area contributed by atoms with E-state index >= 15 is 0 Å². The zero-order valence-electron chi connectivity index (χ0n) is 10.9. The van der Waals surface area contributed by atoms with Crippen molar-refractivity contribution in [1.29, 1.82) is 0 Å². The Morgan fingerprint density at radius 1 is 1.20 bits per heavy atom. The van der Waals surface area contributed by atoms with E-state index in [2.05, 4.69) is 0 Å². The fourth-order valence-corrected chi connectivity index (χ4v) is 1.62. The molecule has 0 aromatic heterocycles. The van der Waals surface area contributed by atoms with E-state index in [1.807, 2.05) is 0 Å². The van der Waals surface area contributed by atoms with Crippen LogP contribution in [0.2, 0.25) is 0 Å². The highest BCUT2D eigenvalue weighted by Crippen LogP contribution is 2.17. The van der Waals surface area contributed by atoms with Gasteiger partial charge >= 0.3 is 5.97 Å². The molecule has 0 spiro atoms. The van der Waals surface area contributed by atoms with Crippen LogP contribution in [0, 0.1) is 5.82 Å². The number of methoxy groups -OCH3 is 1. The summed E-state index contributed by atoms with van der Waals surface area (Å²) in [5, 5.41) is 0. The molecule has 0 saturated heterocycles. The molecule has 0 aliphatic rings. The Morgan fingerprint density at radius 2 is 1.90 bits per heavy atom. The van der Waals surface area contributed by atoms with Gasteiger partial charge in [-0.05, 0) is 36.4 Å². The van der Waals surface area contributed by atoms with Crippen LogP contribution in [0.4, 0.5) is 10.1 Å². The van der Waals surface area contributed by atoms with Crippen LogP contribution in [0.3, 0.4) is 0 Å². The first-order chi connectivity index (χ1) is 9.60. The number of hydrogen-bond donors (Lipinski definition) is 1. The molecule has 2 N–H and O–H groups in total. The first-order valence-electron chi connectivity index (χ1n) is 5.95. The topological polar surface area (TPSA) is 61.5 Å². The van der Waals surface area contributed by atoms with Gasteiger partial charge in [-0.15, -0.1) is 0 Å². The maximum Gasteiger partial charge on any atom is 0.338 e. The average molecular weight is 275 g/mol. The Labute approximate surface area is 115 Å². The van der Waals surface area contributed by atoms with Crippen LogP contribution in [0.5, 0.6) is 5.75 Å². The number of nitrogen functional groups attached to an aromatic ring is 1. The monoisotopic (exact) mass is 275 g/mol. The maximum absolute atomic E-state index is 13.7. The van der Waals surface area contributed by atoms with Gasteiger partial charge in [0.2, 0.25) is 0 Å². The molecule has 0 fully saturated rings. The molecule has 0 unspecified atom stereocenters. The SMILES string of the molecule is COc1ccc(COC(=O)c2ccc(N)cc2)c(F)c1. The van der Waals surface area contributed by atoms with Crippen molar-refractivity contribution in [3.63, 3.8) is 0 Å². The van der Waals surface area contributed by atoms with Crippen LogP contribution >= 0.6 is 0 Å². The lowest BCUT2D eigenvalue weighted by atomic mass is 10.2. The highest BCUT2D eigenvalue weighted by molar-refractivity contribution is 5.89. The number of carbonyl (C=O) groups is 1. The summed E-state index contributed by atoms with van der Waals surface area (Å²) in [6.45, 7) is -0.140. The molecule has 0 saturated carbocycles. The Hall–Kier alpha value is -2.56. The molecular weight excluding hydrogens is 261 g/mol. The van der Waals surface area contributed by atoms with Gasteiger partial charge in [0.05, 0.1) is 12.7 Å². The highest BCUT2D eigenvalue weighted by atomic mass is 19.1. The number of halogens is 1. The third kappa shape index (κ3) is 3.26. The lowest BCUT2D eigenvalue weighted by molar-refractivity contribution is 0.0469. The number of esters is 1. The molecule has 0 amide bonds. The van der Waals surface area contributed by atoms with Crippen molar-refractivity contribution in [2.45, 2.75) is 6.61 Å². The predicted octanol–water partition coefficient (Wildman–Crippen LogP) is 2.77. The number of carbonyl (C=O) groups excluding carboxylic acids is 1. The summed E-state index contributed by atoms with van der Waals surface area (Å²) in [4.78, 5) is 11.8. The summed E-state index contributed by atoms with van der Waals surface area (Å²) in [5.41, 5.74) is 6.74. The molecule has 0 atom stereocenters. The number of rotatable bonds is 4. The van der Waals surface area contributed by atoms with Gasteiger partial charge in [0.1, 0.15) is 18.2 Å². The second kappa shape index (κ2) is 6.06. The second-order valence-corrected chi connectivity index (χ2v) is 4.16. The number of benzene rings is 2. The summed E-state index contributed by atoms with van der Waals surface area (Å²) < 4.78 is 23.6. The van der Waals surface area contributed by atoms with Crippen molar-refractivity contribution in [2.24, 2.45) is 0 Å². The van der Waals surface area contributed by atoms with Crippen molar-refractivity contribution in [3.8, 4) is 5.75 Å². The van der Waals surface area contributed by atoms with E-state index in [4.69, 9.17) is 15.2 Å². The minimum atomic E-state index is -0.528. The lowest BCUT2D eigenvalue weighted by Gasteiger charge is -2.07. The van der Waals surface area contributed by atoms with Gasteiger partial charge in [0.25, 0.3) is 0 Å². The van der Waals surface area contributed by atoms with Crippen molar-refractivity contribution in [3.05, 3.63) is 59.4 Å². The standard InChI is InChI=1S/C15H14FNO3/c1-19-13-7-4-11(14(16)8-13)9-20-15(18)10-2-5-12(17)6-3-10/h2-8H,9,17H2,1H3. The molecule has 104 valence electrons. The number of hydrogen-bond acceptors (Lipinski definition) is 4. The Morgan fingerprint density at radius 3 is 2.50 bits per heavy atom. The number of ether oxygens (including phenoxy) is 2.